The molecule has 0 fully saturated rings. The summed E-state index contributed by atoms with van der Waals surface area (Å²) in [6, 6.07) is 17.3. The lowest BCUT2D eigenvalue weighted by atomic mass is 9.99. The molecule has 0 aliphatic heterocycles. The number of hydrogen-bond acceptors (Lipinski definition) is 7. The van der Waals surface area contributed by atoms with Gasteiger partial charge in [0.25, 0.3) is 0 Å². The summed E-state index contributed by atoms with van der Waals surface area (Å²) in [7, 11) is 3.95. The summed E-state index contributed by atoms with van der Waals surface area (Å²) in [5.41, 5.74) is 12.4. The molecule has 0 amide bonds. The molecule has 3 aromatic carbocycles. The first-order valence-electron chi connectivity index (χ1n) is 14.6. The molecule has 6 nitrogen and oxygen atoms in total. The number of hydrogen-bond donors (Lipinski definition) is 3. The number of nitrogens with one attached hydrogen (secondary N) is 2. The molecular formula is C35H39N3O3S. The van der Waals surface area contributed by atoms with Crippen LogP contribution in [0.2, 0.25) is 0 Å². The molecule has 4 aromatic rings. The van der Waals surface area contributed by atoms with Gasteiger partial charge in [-0.25, -0.2) is 4.79 Å². The Balaban J connectivity index is 0.000000208. The Morgan fingerprint density at radius 1 is 0.976 bits per heavy atom. The minimum atomic E-state index is -0.358. The predicted molar refractivity (Wildman–Crippen MR) is 176 cm³/mol. The van der Waals surface area contributed by atoms with Gasteiger partial charge in [0.2, 0.25) is 0 Å². The third-order valence-corrected chi connectivity index (χ3v) is 8.44. The highest BCUT2D eigenvalue weighted by Crippen LogP contribution is 2.38. The van der Waals surface area contributed by atoms with Gasteiger partial charge in [-0.15, -0.1) is 0 Å². The fraction of sp³-hybridized carbons (Fsp3) is 0.314. The van der Waals surface area contributed by atoms with Crippen LogP contribution >= 0.6 is 12.8 Å². The molecule has 6 rings (SSSR count). The molecule has 2 aliphatic carbocycles. The minimum absolute atomic E-state index is 0.358. The average molecular weight is 582 g/mol. The number of fused-ring (bicyclic) bond motifs is 3. The van der Waals surface area contributed by atoms with Crippen LogP contribution in [-0.4, -0.2) is 26.9 Å². The van der Waals surface area contributed by atoms with Gasteiger partial charge in [-0.1, -0.05) is 49.7 Å². The van der Waals surface area contributed by atoms with E-state index in [0.29, 0.717) is 17.6 Å². The molecule has 2 N–H and O–H groups in total. The first kappa shape index (κ1) is 29.5. The number of aldehydes is 1. The molecule has 7 heteroatoms. The van der Waals surface area contributed by atoms with Crippen LogP contribution < -0.4 is 20.6 Å². The number of thiol groups is 1. The molecule has 1 heterocycles. The van der Waals surface area contributed by atoms with Crippen molar-refractivity contribution in [1.82, 2.24) is 5.32 Å². The van der Waals surface area contributed by atoms with Gasteiger partial charge in [-0.05, 0) is 96.5 Å². The molecule has 0 bridgehead atoms. The molecule has 1 aromatic heterocycles. The summed E-state index contributed by atoms with van der Waals surface area (Å²) in [6.45, 7) is 4.83. The van der Waals surface area contributed by atoms with Gasteiger partial charge in [0.15, 0.2) is 0 Å². The number of nitrogens with zero attached hydrogens (tertiary/aromatic N) is 1. The van der Waals surface area contributed by atoms with Crippen LogP contribution in [0.1, 0.15) is 56.6 Å². The second-order valence-electron chi connectivity index (χ2n) is 11.3. The van der Waals surface area contributed by atoms with E-state index in [1.165, 1.54) is 50.3 Å². The van der Waals surface area contributed by atoms with Crippen LogP contribution in [0.25, 0.3) is 11.0 Å². The maximum absolute atomic E-state index is 11.9. The summed E-state index contributed by atoms with van der Waals surface area (Å²) in [5.74, 6) is 0. The molecule has 0 atom stereocenters. The summed E-state index contributed by atoms with van der Waals surface area (Å²) < 4.78 is 8.45. The number of carbonyl (C=O) groups excluding carboxylic acids is 1. The number of carbonyl (C=O) groups is 1. The van der Waals surface area contributed by atoms with Crippen molar-refractivity contribution in [3.8, 4) is 0 Å². The third kappa shape index (κ3) is 6.73. The van der Waals surface area contributed by atoms with Crippen molar-refractivity contribution in [1.29, 1.82) is 0 Å². The minimum Gasteiger partial charge on any atom is -0.423 e. The van der Waals surface area contributed by atoms with Crippen molar-refractivity contribution in [3.05, 3.63) is 116 Å². The normalized spacial score (nSPS) is 13.1. The fourth-order valence-electron chi connectivity index (χ4n) is 6.03. The second kappa shape index (κ2) is 13.3. The third-order valence-electron chi connectivity index (χ3n) is 8.22. The van der Waals surface area contributed by atoms with E-state index >= 15 is 0 Å². The van der Waals surface area contributed by atoms with Crippen LogP contribution in [0.5, 0.6) is 0 Å². The average Bonchev–Trinajstić information content (AvgIpc) is 3.66. The molecule has 2 aliphatic rings. The van der Waals surface area contributed by atoms with Crippen LogP contribution in [0.3, 0.4) is 0 Å². The summed E-state index contributed by atoms with van der Waals surface area (Å²) in [4.78, 5) is 24.6. The zero-order chi connectivity index (χ0) is 29.6. The molecular weight excluding hydrogens is 542 g/mol. The number of rotatable bonds is 9. The van der Waals surface area contributed by atoms with Crippen molar-refractivity contribution in [3.63, 3.8) is 0 Å². The SMILES string of the molecule is C=C(Cc1cc(=O)oc2ccc(N(C)C)cc12)NCCc1ccc(C=O)cc1.SNc1c2c(cc3c1CCC3)CCC2. The molecule has 0 spiro atoms. The highest BCUT2D eigenvalue weighted by Gasteiger charge is 2.23. The van der Waals surface area contributed by atoms with Gasteiger partial charge < -0.3 is 19.4 Å². The van der Waals surface area contributed by atoms with E-state index in [9.17, 15) is 9.59 Å². The van der Waals surface area contributed by atoms with E-state index in [0.717, 1.165) is 47.1 Å². The molecule has 218 valence electrons. The Hall–Kier alpha value is -3.97. The van der Waals surface area contributed by atoms with E-state index in [1.54, 1.807) is 22.3 Å². The van der Waals surface area contributed by atoms with Crippen LogP contribution in [0, 0.1) is 0 Å². The Morgan fingerprint density at radius 2 is 1.67 bits per heavy atom. The lowest BCUT2D eigenvalue weighted by molar-refractivity contribution is 0.112. The molecule has 0 saturated heterocycles. The quantitative estimate of drug-likeness (QED) is 0.119. The summed E-state index contributed by atoms with van der Waals surface area (Å²) in [6.07, 6.45) is 9.87. The van der Waals surface area contributed by atoms with E-state index in [1.807, 2.05) is 61.5 Å². The highest BCUT2D eigenvalue weighted by molar-refractivity contribution is 7.81. The van der Waals surface area contributed by atoms with E-state index in [-0.39, 0.29) is 5.63 Å². The smallest absolute Gasteiger partial charge is 0.336 e. The summed E-state index contributed by atoms with van der Waals surface area (Å²) in [5, 5.41) is 4.24. The Labute approximate surface area is 253 Å². The van der Waals surface area contributed by atoms with Gasteiger partial charge in [-0.3, -0.25) is 4.79 Å². The monoisotopic (exact) mass is 581 g/mol. The van der Waals surface area contributed by atoms with Gasteiger partial charge in [0, 0.05) is 55.5 Å². The topological polar surface area (TPSA) is 74.6 Å². The van der Waals surface area contributed by atoms with Crippen molar-refractivity contribution in [2.75, 3.05) is 30.3 Å². The highest BCUT2D eigenvalue weighted by atomic mass is 32.1. The first-order valence-corrected chi connectivity index (χ1v) is 15.1. The van der Waals surface area contributed by atoms with Crippen molar-refractivity contribution >= 4 is 41.4 Å². The number of allylic oxidation sites excluding steroid dienone is 1. The zero-order valence-corrected chi connectivity index (χ0v) is 25.4. The maximum Gasteiger partial charge on any atom is 0.336 e. The lowest BCUT2D eigenvalue weighted by Gasteiger charge is -2.15. The van der Waals surface area contributed by atoms with Crippen molar-refractivity contribution < 1.29 is 9.21 Å². The molecule has 42 heavy (non-hydrogen) atoms. The first-order chi connectivity index (χ1) is 20.4. The lowest BCUT2D eigenvalue weighted by Crippen LogP contribution is -2.18. The maximum atomic E-state index is 11.9. The predicted octanol–water partition coefficient (Wildman–Crippen LogP) is 6.48. The van der Waals surface area contributed by atoms with Crippen LogP contribution in [-0.2, 0) is 38.5 Å². The standard InChI is InChI=1S/C23H24N2O3.C12H15NS/c1-16(24-11-10-17-4-6-18(15-26)7-5-17)12-19-13-23(27)28-22-9-8-20(25(2)3)14-21(19)22;14-13-12-10-5-1-3-8(10)7-9-4-2-6-11(9)12/h4-9,13-15,24H,1,10-12H2,2-3H3;7,13-14H,1-6H2. The molecule has 0 unspecified atom stereocenters. The van der Waals surface area contributed by atoms with E-state index in [2.05, 4.69) is 35.5 Å². The summed E-state index contributed by atoms with van der Waals surface area (Å²) >= 11 is 4.26. The van der Waals surface area contributed by atoms with E-state index < -0.39 is 0 Å². The van der Waals surface area contributed by atoms with Gasteiger partial charge in [-0.2, -0.15) is 0 Å². The van der Waals surface area contributed by atoms with Crippen molar-refractivity contribution in [2.24, 2.45) is 0 Å². The Morgan fingerprint density at radius 3 is 2.29 bits per heavy atom. The van der Waals surface area contributed by atoms with Gasteiger partial charge in [0.1, 0.15) is 11.9 Å². The Bertz CT molecular complexity index is 1630. The van der Waals surface area contributed by atoms with Crippen LogP contribution in [0.4, 0.5) is 11.4 Å². The molecule has 0 saturated carbocycles. The van der Waals surface area contributed by atoms with Crippen LogP contribution in [0.15, 0.2) is 76.1 Å². The van der Waals surface area contributed by atoms with Gasteiger partial charge in [0.05, 0.1) is 5.69 Å². The number of benzene rings is 3. The fourth-order valence-corrected chi connectivity index (χ4v) is 6.30. The number of anilines is 2. The van der Waals surface area contributed by atoms with E-state index in [4.69, 9.17) is 4.42 Å². The number of aryl methyl sites for hydroxylation is 2. The second-order valence-corrected chi connectivity index (χ2v) is 11.6. The van der Waals surface area contributed by atoms with Crippen molar-refractivity contribution in [2.45, 2.75) is 51.4 Å². The largest absolute Gasteiger partial charge is 0.423 e. The Kier molecular flexibility index (Phi) is 9.38. The molecule has 0 radical (unpaired) electrons. The zero-order valence-electron chi connectivity index (χ0n) is 24.5. The van der Waals surface area contributed by atoms with Gasteiger partial charge >= 0.3 is 5.63 Å².